The molecule has 84 valence electrons. The molecule has 4 heteroatoms. The van der Waals surface area contributed by atoms with Crippen LogP contribution in [-0.4, -0.2) is 15.0 Å². The van der Waals surface area contributed by atoms with E-state index in [9.17, 15) is 0 Å². The Morgan fingerprint density at radius 1 is 1.12 bits per heavy atom. The fraction of sp³-hybridized carbons (Fsp3) is 0.0769. The number of rotatable bonds is 1. The van der Waals surface area contributed by atoms with Gasteiger partial charge < -0.3 is 10.7 Å². The van der Waals surface area contributed by atoms with Crippen LogP contribution in [-0.2, 0) is 0 Å². The van der Waals surface area contributed by atoms with E-state index in [0.717, 1.165) is 22.2 Å². The molecule has 0 bridgehead atoms. The minimum absolute atomic E-state index is 0.521. The molecular formula is C13H12N4. The van der Waals surface area contributed by atoms with E-state index in [0.29, 0.717) is 11.6 Å². The maximum Gasteiger partial charge on any atom is 0.163 e. The number of nitrogens with two attached hydrogens (primary N) is 1. The number of hydrogen-bond acceptors (Lipinski definition) is 3. The van der Waals surface area contributed by atoms with E-state index < -0.39 is 0 Å². The van der Waals surface area contributed by atoms with Gasteiger partial charge >= 0.3 is 0 Å². The number of aromatic nitrogens is 3. The molecule has 0 saturated heterocycles. The first-order valence-corrected chi connectivity index (χ1v) is 5.42. The minimum atomic E-state index is 0.521. The monoisotopic (exact) mass is 224 g/mol. The first-order chi connectivity index (χ1) is 8.25. The number of nitrogen functional groups attached to an aromatic ring is 1. The minimum Gasteiger partial charge on any atom is -0.383 e. The normalized spacial score (nSPS) is 10.9. The second-order valence-corrected chi connectivity index (χ2v) is 3.99. The molecule has 3 N–H and O–H groups in total. The maximum atomic E-state index is 5.97. The molecular weight excluding hydrogens is 212 g/mol. The summed E-state index contributed by atoms with van der Waals surface area (Å²) < 4.78 is 0. The van der Waals surface area contributed by atoms with Gasteiger partial charge in [-0.1, -0.05) is 30.3 Å². The number of nitrogens with zero attached hydrogens (tertiary/aromatic N) is 2. The number of fused-ring (bicyclic) bond motifs is 1. The zero-order valence-electron chi connectivity index (χ0n) is 9.44. The zero-order chi connectivity index (χ0) is 11.8. The third-order valence-corrected chi connectivity index (χ3v) is 2.79. The van der Waals surface area contributed by atoms with Gasteiger partial charge in [-0.3, -0.25) is 0 Å². The van der Waals surface area contributed by atoms with Crippen molar-refractivity contribution < 1.29 is 0 Å². The predicted octanol–water partition coefficient (Wildman–Crippen LogP) is 2.52. The van der Waals surface area contributed by atoms with Crippen molar-refractivity contribution in [2.24, 2.45) is 0 Å². The molecule has 0 aliphatic heterocycles. The summed E-state index contributed by atoms with van der Waals surface area (Å²) >= 11 is 0. The Labute approximate surface area is 98.5 Å². The quantitative estimate of drug-likeness (QED) is 0.667. The van der Waals surface area contributed by atoms with Gasteiger partial charge in [0.15, 0.2) is 5.82 Å². The summed E-state index contributed by atoms with van der Waals surface area (Å²) in [4.78, 5) is 11.9. The van der Waals surface area contributed by atoms with Crippen molar-refractivity contribution in [3.05, 3.63) is 42.1 Å². The molecule has 0 fully saturated rings. The van der Waals surface area contributed by atoms with Gasteiger partial charge in [0.25, 0.3) is 0 Å². The van der Waals surface area contributed by atoms with Gasteiger partial charge in [-0.15, -0.1) is 0 Å². The Balaban J connectivity index is 2.26. The fourth-order valence-corrected chi connectivity index (χ4v) is 1.94. The molecule has 0 unspecified atom stereocenters. The highest BCUT2D eigenvalue weighted by Gasteiger charge is 2.09. The van der Waals surface area contributed by atoms with Crippen molar-refractivity contribution in [1.82, 2.24) is 15.0 Å². The van der Waals surface area contributed by atoms with Gasteiger partial charge in [0.2, 0.25) is 0 Å². The first kappa shape index (κ1) is 9.84. The molecule has 3 aromatic rings. The molecule has 0 radical (unpaired) electrons. The van der Waals surface area contributed by atoms with E-state index in [1.807, 2.05) is 43.5 Å². The highest BCUT2D eigenvalue weighted by molar-refractivity contribution is 5.90. The summed E-state index contributed by atoms with van der Waals surface area (Å²) in [6.45, 7) is 1.99. The van der Waals surface area contributed by atoms with Crippen LogP contribution in [0, 0.1) is 6.92 Å². The van der Waals surface area contributed by atoms with Gasteiger partial charge in [0.1, 0.15) is 11.5 Å². The molecule has 2 aromatic heterocycles. The van der Waals surface area contributed by atoms with Gasteiger partial charge in [0, 0.05) is 11.8 Å². The van der Waals surface area contributed by atoms with E-state index in [2.05, 4.69) is 15.0 Å². The average molecular weight is 224 g/mol. The molecule has 0 amide bonds. The molecule has 4 nitrogen and oxygen atoms in total. The summed E-state index contributed by atoms with van der Waals surface area (Å²) in [7, 11) is 0. The van der Waals surface area contributed by atoms with Crippen LogP contribution in [0.3, 0.4) is 0 Å². The van der Waals surface area contributed by atoms with Crippen LogP contribution in [0.5, 0.6) is 0 Å². The Morgan fingerprint density at radius 3 is 2.65 bits per heavy atom. The lowest BCUT2D eigenvalue weighted by atomic mass is 10.2. The molecule has 0 spiro atoms. The van der Waals surface area contributed by atoms with Crippen molar-refractivity contribution in [3.63, 3.8) is 0 Å². The van der Waals surface area contributed by atoms with E-state index in [1.165, 1.54) is 0 Å². The smallest absolute Gasteiger partial charge is 0.163 e. The SMILES string of the molecule is Cc1c[nH]c2nc(-c3ccccc3)nc(N)c12. The molecule has 0 aliphatic rings. The molecule has 0 saturated carbocycles. The van der Waals surface area contributed by atoms with Crippen molar-refractivity contribution in [2.45, 2.75) is 6.92 Å². The van der Waals surface area contributed by atoms with Gasteiger partial charge in [0.05, 0.1) is 5.39 Å². The summed E-state index contributed by atoms with van der Waals surface area (Å²) in [5.41, 5.74) is 8.79. The summed E-state index contributed by atoms with van der Waals surface area (Å²) in [6, 6.07) is 9.81. The van der Waals surface area contributed by atoms with Gasteiger partial charge in [-0.25, -0.2) is 9.97 Å². The average Bonchev–Trinajstić information content (AvgIpc) is 2.73. The number of benzene rings is 1. The van der Waals surface area contributed by atoms with Crippen LogP contribution in [0.15, 0.2) is 36.5 Å². The summed E-state index contributed by atoms with van der Waals surface area (Å²) in [6.07, 6.45) is 1.89. The molecule has 0 atom stereocenters. The molecule has 3 rings (SSSR count). The van der Waals surface area contributed by atoms with Crippen LogP contribution in [0.2, 0.25) is 0 Å². The number of nitrogens with one attached hydrogen (secondary N) is 1. The van der Waals surface area contributed by atoms with Crippen LogP contribution < -0.4 is 5.73 Å². The molecule has 0 aliphatic carbocycles. The predicted molar refractivity (Wildman–Crippen MR) is 68.5 cm³/mol. The highest BCUT2D eigenvalue weighted by atomic mass is 15.0. The second kappa shape index (κ2) is 3.59. The number of anilines is 1. The van der Waals surface area contributed by atoms with Crippen LogP contribution >= 0.6 is 0 Å². The van der Waals surface area contributed by atoms with Crippen LogP contribution in [0.25, 0.3) is 22.4 Å². The number of hydrogen-bond donors (Lipinski definition) is 2. The van der Waals surface area contributed by atoms with Crippen molar-refractivity contribution in [3.8, 4) is 11.4 Å². The summed E-state index contributed by atoms with van der Waals surface area (Å²) in [5, 5.41) is 0.907. The molecule has 17 heavy (non-hydrogen) atoms. The lowest BCUT2D eigenvalue weighted by Crippen LogP contribution is -1.97. The van der Waals surface area contributed by atoms with Gasteiger partial charge in [-0.05, 0) is 12.5 Å². The molecule has 2 heterocycles. The second-order valence-electron chi connectivity index (χ2n) is 3.99. The highest BCUT2D eigenvalue weighted by Crippen LogP contribution is 2.24. The van der Waals surface area contributed by atoms with E-state index in [1.54, 1.807) is 0 Å². The largest absolute Gasteiger partial charge is 0.383 e. The number of aryl methyl sites for hydroxylation is 1. The third-order valence-electron chi connectivity index (χ3n) is 2.79. The number of aromatic amines is 1. The third kappa shape index (κ3) is 1.54. The van der Waals surface area contributed by atoms with E-state index in [-0.39, 0.29) is 0 Å². The Kier molecular flexibility index (Phi) is 2.08. The lowest BCUT2D eigenvalue weighted by Gasteiger charge is -2.02. The van der Waals surface area contributed by atoms with Crippen molar-refractivity contribution >= 4 is 16.9 Å². The summed E-state index contributed by atoms with van der Waals surface area (Å²) in [5.74, 6) is 1.17. The number of H-pyrrole nitrogens is 1. The van der Waals surface area contributed by atoms with Crippen LogP contribution in [0.1, 0.15) is 5.56 Å². The van der Waals surface area contributed by atoms with Gasteiger partial charge in [-0.2, -0.15) is 0 Å². The Morgan fingerprint density at radius 2 is 1.88 bits per heavy atom. The molecule has 1 aromatic carbocycles. The topological polar surface area (TPSA) is 67.6 Å². The first-order valence-electron chi connectivity index (χ1n) is 5.42. The maximum absolute atomic E-state index is 5.97. The van der Waals surface area contributed by atoms with E-state index >= 15 is 0 Å². The standard InChI is InChI=1S/C13H12N4/c1-8-7-15-13-10(8)11(14)16-12(17-13)9-5-3-2-4-6-9/h2-7H,1H3,(H3,14,15,16,17). The Bertz CT molecular complexity index is 670. The fourth-order valence-electron chi connectivity index (χ4n) is 1.94. The van der Waals surface area contributed by atoms with Crippen molar-refractivity contribution in [2.75, 3.05) is 5.73 Å². The zero-order valence-corrected chi connectivity index (χ0v) is 9.44. The van der Waals surface area contributed by atoms with Crippen LogP contribution in [0.4, 0.5) is 5.82 Å². The van der Waals surface area contributed by atoms with E-state index in [4.69, 9.17) is 5.73 Å². The van der Waals surface area contributed by atoms with Crippen molar-refractivity contribution in [1.29, 1.82) is 0 Å². The lowest BCUT2D eigenvalue weighted by molar-refractivity contribution is 1.21. The Hall–Kier alpha value is -2.36.